The Balaban J connectivity index is 1.80. The average molecular weight is 387 g/mol. The molecule has 6 nitrogen and oxygen atoms in total. The summed E-state index contributed by atoms with van der Waals surface area (Å²) in [4.78, 5) is 13.1. The molecule has 0 aromatic heterocycles. The van der Waals surface area contributed by atoms with Crippen LogP contribution in [0.25, 0.3) is 11.1 Å². The first kappa shape index (κ1) is 17.9. The van der Waals surface area contributed by atoms with E-state index >= 15 is 0 Å². The second kappa shape index (κ2) is 6.56. The second-order valence-corrected chi connectivity index (χ2v) is 9.23. The highest BCUT2D eigenvalue weighted by molar-refractivity contribution is 7.90. The Bertz CT molecular complexity index is 1000. The van der Waals surface area contributed by atoms with E-state index in [9.17, 15) is 18.3 Å². The van der Waals surface area contributed by atoms with E-state index in [4.69, 9.17) is 4.74 Å². The molecule has 27 heavy (non-hydrogen) atoms. The van der Waals surface area contributed by atoms with Crippen molar-refractivity contribution in [2.75, 3.05) is 26.0 Å². The molecule has 0 aliphatic carbocycles. The molecule has 1 amide bonds. The summed E-state index contributed by atoms with van der Waals surface area (Å²) in [6.07, 6.45) is 1.10. The van der Waals surface area contributed by atoms with E-state index in [0.29, 0.717) is 19.7 Å². The van der Waals surface area contributed by atoms with Crippen LogP contribution in [0.5, 0.6) is 5.75 Å². The summed E-state index contributed by atoms with van der Waals surface area (Å²) in [6.45, 7) is 1.50. The number of rotatable bonds is 2. The van der Waals surface area contributed by atoms with Gasteiger partial charge in [0.1, 0.15) is 5.75 Å². The number of likely N-dealkylation sites (tertiary alicyclic amines) is 1. The van der Waals surface area contributed by atoms with Gasteiger partial charge in [0.05, 0.1) is 11.5 Å². The minimum Gasteiger partial charge on any atom is -0.493 e. The van der Waals surface area contributed by atoms with Gasteiger partial charge >= 0.3 is 6.09 Å². The van der Waals surface area contributed by atoms with Gasteiger partial charge in [-0.3, -0.25) is 0 Å². The third-order valence-corrected chi connectivity index (χ3v) is 6.57. The number of para-hydroxylation sites is 1. The number of hydrogen-bond acceptors (Lipinski definition) is 4. The molecule has 1 N–H and O–H groups in total. The number of benzene rings is 2. The molecular formula is C20H21NO5S. The molecule has 2 atom stereocenters. The van der Waals surface area contributed by atoms with Gasteiger partial charge in [0, 0.05) is 30.8 Å². The quantitative estimate of drug-likeness (QED) is 0.855. The standard InChI is InChI=1S/C20H21NO5S/c1-27(24,25)15-5-2-4-13(10-15)16-6-3-7-17-18-12-21(20(22)23)11-14(18)8-9-26-19(16)17/h2-7,10,14,18H,8-9,11-12H2,1H3,(H,22,23). The lowest BCUT2D eigenvalue weighted by Gasteiger charge is -2.18. The van der Waals surface area contributed by atoms with Crippen LogP contribution in [0.4, 0.5) is 4.79 Å². The van der Waals surface area contributed by atoms with Gasteiger partial charge in [-0.1, -0.05) is 30.3 Å². The number of ether oxygens (including phenoxy) is 1. The van der Waals surface area contributed by atoms with Gasteiger partial charge in [-0.2, -0.15) is 0 Å². The predicted octanol–water partition coefficient (Wildman–Crippen LogP) is 3.23. The number of fused-ring (bicyclic) bond motifs is 3. The van der Waals surface area contributed by atoms with Crippen molar-refractivity contribution < 1.29 is 23.1 Å². The fourth-order valence-electron chi connectivity index (χ4n) is 4.11. The summed E-state index contributed by atoms with van der Waals surface area (Å²) in [5, 5.41) is 9.36. The Morgan fingerprint density at radius 2 is 1.96 bits per heavy atom. The van der Waals surface area contributed by atoms with Crippen molar-refractivity contribution in [3.63, 3.8) is 0 Å². The fourth-order valence-corrected chi connectivity index (χ4v) is 4.78. The number of sulfone groups is 1. The molecule has 0 saturated carbocycles. The molecule has 1 fully saturated rings. The van der Waals surface area contributed by atoms with Crippen LogP contribution in [0.1, 0.15) is 17.9 Å². The zero-order chi connectivity index (χ0) is 19.2. The van der Waals surface area contributed by atoms with Crippen molar-refractivity contribution in [3.8, 4) is 16.9 Å². The zero-order valence-electron chi connectivity index (χ0n) is 15.0. The van der Waals surface area contributed by atoms with E-state index in [-0.39, 0.29) is 16.7 Å². The van der Waals surface area contributed by atoms with Gasteiger partial charge in [-0.05, 0) is 35.6 Å². The van der Waals surface area contributed by atoms with Crippen LogP contribution in [0, 0.1) is 5.92 Å². The summed E-state index contributed by atoms with van der Waals surface area (Å²) in [5.41, 5.74) is 2.62. The third kappa shape index (κ3) is 3.27. The van der Waals surface area contributed by atoms with Crippen molar-refractivity contribution in [2.45, 2.75) is 17.2 Å². The zero-order valence-corrected chi connectivity index (χ0v) is 15.8. The molecule has 2 aromatic carbocycles. The summed E-state index contributed by atoms with van der Waals surface area (Å²) >= 11 is 0. The van der Waals surface area contributed by atoms with E-state index < -0.39 is 15.9 Å². The number of carbonyl (C=O) groups is 1. The summed E-state index contributed by atoms with van der Waals surface area (Å²) in [7, 11) is -3.31. The van der Waals surface area contributed by atoms with E-state index in [1.165, 1.54) is 11.2 Å². The Morgan fingerprint density at radius 1 is 1.19 bits per heavy atom. The van der Waals surface area contributed by atoms with E-state index in [1.54, 1.807) is 18.2 Å². The fraction of sp³-hybridized carbons (Fsp3) is 0.350. The van der Waals surface area contributed by atoms with Crippen molar-refractivity contribution in [1.82, 2.24) is 4.90 Å². The molecule has 2 aliphatic rings. The molecule has 4 rings (SSSR count). The van der Waals surface area contributed by atoms with Crippen LogP contribution in [-0.4, -0.2) is 50.5 Å². The molecule has 7 heteroatoms. The first-order chi connectivity index (χ1) is 12.8. The SMILES string of the molecule is CS(=O)(=O)c1cccc(-c2cccc3c2OCCC2CN(C(=O)O)CC32)c1. The lowest BCUT2D eigenvalue weighted by atomic mass is 9.86. The van der Waals surface area contributed by atoms with Crippen LogP contribution in [0.15, 0.2) is 47.4 Å². The van der Waals surface area contributed by atoms with E-state index in [0.717, 1.165) is 28.9 Å². The molecule has 1 saturated heterocycles. The lowest BCUT2D eigenvalue weighted by molar-refractivity contribution is 0.152. The summed E-state index contributed by atoms with van der Waals surface area (Å²) in [6, 6.07) is 12.7. The molecule has 2 aliphatic heterocycles. The third-order valence-electron chi connectivity index (χ3n) is 5.46. The predicted molar refractivity (Wildman–Crippen MR) is 101 cm³/mol. The Labute approximate surface area is 158 Å². The second-order valence-electron chi connectivity index (χ2n) is 7.22. The van der Waals surface area contributed by atoms with Crippen molar-refractivity contribution in [2.24, 2.45) is 5.92 Å². The van der Waals surface area contributed by atoms with Crippen molar-refractivity contribution >= 4 is 15.9 Å². The maximum Gasteiger partial charge on any atom is 0.407 e. The first-order valence-electron chi connectivity index (χ1n) is 8.88. The largest absolute Gasteiger partial charge is 0.493 e. The molecular weight excluding hydrogens is 366 g/mol. The Kier molecular flexibility index (Phi) is 4.34. The molecule has 0 bridgehead atoms. The van der Waals surface area contributed by atoms with Gasteiger partial charge in [-0.15, -0.1) is 0 Å². The molecule has 142 valence electrons. The number of carboxylic acid groups (broad SMARTS) is 1. The molecule has 2 unspecified atom stereocenters. The Morgan fingerprint density at radius 3 is 2.70 bits per heavy atom. The van der Waals surface area contributed by atoms with Gasteiger partial charge in [-0.25, -0.2) is 13.2 Å². The normalized spacial score (nSPS) is 21.7. The van der Waals surface area contributed by atoms with Crippen molar-refractivity contribution in [3.05, 3.63) is 48.0 Å². The minimum atomic E-state index is -3.31. The van der Waals surface area contributed by atoms with Crippen molar-refractivity contribution in [1.29, 1.82) is 0 Å². The minimum absolute atomic E-state index is 0.0941. The van der Waals surface area contributed by atoms with Gasteiger partial charge < -0.3 is 14.7 Å². The molecule has 0 radical (unpaired) electrons. The van der Waals surface area contributed by atoms with E-state index in [2.05, 4.69) is 0 Å². The maximum atomic E-state index is 11.9. The number of hydrogen-bond donors (Lipinski definition) is 1. The maximum absolute atomic E-state index is 11.9. The number of nitrogens with zero attached hydrogens (tertiary/aromatic N) is 1. The van der Waals surface area contributed by atoms with Crippen LogP contribution < -0.4 is 4.74 Å². The molecule has 2 heterocycles. The Hall–Kier alpha value is -2.54. The highest BCUT2D eigenvalue weighted by atomic mass is 32.2. The van der Waals surface area contributed by atoms with Gasteiger partial charge in [0.25, 0.3) is 0 Å². The average Bonchev–Trinajstić information content (AvgIpc) is 2.98. The monoisotopic (exact) mass is 387 g/mol. The van der Waals surface area contributed by atoms with Gasteiger partial charge in [0.15, 0.2) is 9.84 Å². The highest BCUT2D eigenvalue weighted by Gasteiger charge is 2.39. The van der Waals surface area contributed by atoms with Crippen LogP contribution in [0.2, 0.25) is 0 Å². The summed E-state index contributed by atoms with van der Waals surface area (Å²) < 4.78 is 29.9. The highest BCUT2D eigenvalue weighted by Crippen LogP contribution is 2.45. The molecule has 2 aromatic rings. The van der Waals surface area contributed by atoms with E-state index in [1.807, 2.05) is 24.3 Å². The topological polar surface area (TPSA) is 83.9 Å². The lowest BCUT2D eigenvalue weighted by Crippen LogP contribution is -2.27. The molecule has 0 spiro atoms. The smallest absolute Gasteiger partial charge is 0.407 e. The van der Waals surface area contributed by atoms with Gasteiger partial charge in [0.2, 0.25) is 0 Å². The number of amides is 1. The summed E-state index contributed by atoms with van der Waals surface area (Å²) in [5.74, 6) is 1.07. The first-order valence-corrected chi connectivity index (χ1v) is 10.8. The van der Waals surface area contributed by atoms with Crippen LogP contribution in [0.3, 0.4) is 0 Å². The van der Waals surface area contributed by atoms with Crippen LogP contribution in [-0.2, 0) is 9.84 Å². The van der Waals surface area contributed by atoms with Crippen LogP contribution >= 0.6 is 0 Å².